The third-order valence-corrected chi connectivity index (χ3v) is 5.42. The molecule has 3 aromatic carbocycles. The summed E-state index contributed by atoms with van der Waals surface area (Å²) in [5.41, 5.74) is 4.43. The zero-order chi connectivity index (χ0) is 25.4. The second-order valence-electron chi connectivity index (χ2n) is 7.14. The van der Waals surface area contributed by atoms with Crippen LogP contribution in [0.4, 0.5) is 11.4 Å². The van der Waals surface area contributed by atoms with Gasteiger partial charge in [0, 0.05) is 31.5 Å². The second-order valence-corrected chi connectivity index (χ2v) is 8.93. The maximum absolute atomic E-state index is 12.3. The van der Waals surface area contributed by atoms with E-state index in [0.717, 1.165) is 10.0 Å². The normalized spacial score (nSPS) is 10.6. The van der Waals surface area contributed by atoms with Crippen LogP contribution in [0.3, 0.4) is 0 Å². The summed E-state index contributed by atoms with van der Waals surface area (Å²) in [7, 11) is 0. The maximum atomic E-state index is 12.3. The lowest BCUT2D eigenvalue weighted by molar-refractivity contribution is -0.136. The molecule has 0 saturated heterocycles. The van der Waals surface area contributed by atoms with Crippen molar-refractivity contribution in [2.24, 2.45) is 5.10 Å². The summed E-state index contributed by atoms with van der Waals surface area (Å²) >= 11 is 15.3. The smallest absolute Gasteiger partial charge is 0.329 e. The van der Waals surface area contributed by atoms with Crippen molar-refractivity contribution >= 4 is 74.4 Å². The largest absolute Gasteiger partial charge is 0.483 e. The van der Waals surface area contributed by atoms with Gasteiger partial charge in [-0.15, -0.1) is 0 Å². The third-order valence-electron chi connectivity index (χ3n) is 4.45. The molecule has 0 aliphatic heterocycles. The van der Waals surface area contributed by atoms with Crippen LogP contribution in [0.5, 0.6) is 5.75 Å². The van der Waals surface area contributed by atoms with Crippen LogP contribution in [0.25, 0.3) is 0 Å². The van der Waals surface area contributed by atoms with E-state index in [4.69, 9.17) is 27.9 Å². The molecular formula is C24H19BrCl2N4O4. The van der Waals surface area contributed by atoms with Crippen molar-refractivity contribution in [1.82, 2.24) is 5.43 Å². The molecule has 0 unspecified atom stereocenters. The van der Waals surface area contributed by atoms with Crippen LogP contribution in [-0.4, -0.2) is 30.5 Å². The van der Waals surface area contributed by atoms with Gasteiger partial charge < -0.3 is 15.4 Å². The number of carbonyl (C=O) groups is 3. The van der Waals surface area contributed by atoms with Crippen LogP contribution >= 0.6 is 39.1 Å². The summed E-state index contributed by atoms with van der Waals surface area (Å²) in [6.45, 7) is 1.60. The second kappa shape index (κ2) is 12.3. The Morgan fingerprint density at radius 3 is 2.49 bits per heavy atom. The van der Waals surface area contributed by atoms with Gasteiger partial charge in [-0.05, 0) is 67.1 Å². The quantitative estimate of drug-likeness (QED) is 0.204. The molecule has 0 fully saturated rings. The van der Waals surface area contributed by atoms with Crippen LogP contribution < -0.4 is 20.8 Å². The zero-order valence-corrected chi connectivity index (χ0v) is 21.4. The number of ether oxygens (including phenoxy) is 1. The Labute approximate surface area is 219 Å². The fourth-order valence-electron chi connectivity index (χ4n) is 2.81. The third kappa shape index (κ3) is 8.10. The van der Waals surface area contributed by atoms with Gasteiger partial charge >= 0.3 is 11.8 Å². The van der Waals surface area contributed by atoms with E-state index in [-0.39, 0.29) is 12.5 Å². The van der Waals surface area contributed by atoms with Crippen molar-refractivity contribution in [1.29, 1.82) is 0 Å². The average molecular weight is 578 g/mol. The number of carbonyl (C=O) groups excluding carboxylic acids is 3. The van der Waals surface area contributed by atoms with Gasteiger partial charge in [-0.2, -0.15) is 5.10 Å². The Bertz CT molecular complexity index is 1300. The predicted molar refractivity (Wildman–Crippen MR) is 140 cm³/mol. The lowest BCUT2D eigenvalue weighted by atomic mass is 10.2. The number of aryl methyl sites for hydroxylation is 1. The highest BCUT2D eigenvalue weighted by molar-refractivity contribution is 9.10. The monoisotopic (exact) mass is 576 g/mol. The highest BCUT2D eigenvalue weighted by Gasteiger charge is 2.13. The first kappa shape index (κ1) is 26.2. The number of hydrogen-bond donors (Lipinski definition) is 3. The number of anilines is 2. The maximum Gasteiger partial charge on any atom is 0.329 e. The highest BCUT2D eigenvalue weighted by Crippen LogP contribution is 2.22. The molecule has 0 saturated carbocycles. The molecule has 35 heavy (non-hydrogen) atoms. The zero-order valence-electron chi connectivity index (χ0n) is 18.3. The fourth-order valence-corrected chi connectivity index (χ4v) is 3.66. The first-order valence-electron chi connectivity index (χ1n) is 10.1. The van der Waals surface area contributed by atoms with Gasteiger partial charge in [-0.1, -0.05) is 45.2 Å². The SMILES string of the molecule is Cc1cc(Br)ccc1NC(=O)COc1ccc(Cl)cc1/C=N\NC(=O)C(=O)Nc1cccc(Cl)c1. The van der Waals surface area contributed by atoms with Crippen molar-refractivity contribution in [3.63, 3.8) is 0 Å². The van der Waals surface area contributed by atoms with Crippen molar-refractivity contribution in [2.45, 2.75) is 6.92 Å². The molecule has 8 nitrogen and oxygen atoms in total. The van der Waals surface area contributed by atoms with Gasteiger partial charge in [0.1, 0.15) is 5.75 Å². The van der Waals surface area contributed by atoms with Crippen LogP contribution in [0, 0.1) is 6.92 Å². The highest BCUT2D eigenvalue weighted by atomic mass is 79.9. The minimum Gasteiger partial charge on any atom is -0.483 e. The van der Waals surface area contributed by atoms with Crippen LogP contribution in [0.1, 0.15) is 11.1 Å². The van der Waals surface area contributed by atoms with Gasteiger partial charge in [0.2, 0.25) is 0 Å². The first-order valence-corrected chi connectivity index (χ1v) is 11.6. The summed E-state index contributed by atoms with van der Waals surface area (Å²) < 4.78 is 6.52. The topological polar surface area (TPSA) is 109 Å². The minimum absolute atomic E-state index is 0.271. The molecule has 0 bridgehead atoms. The molecule has 3 N–H and O–H groups in total. The minimum atomic E-state index is -0.991. The van der Waals surface area contributed by atoms with E-state index in [1.165, 1.54) is 18.3 Å². The van der Waals surface area contributed by atoms with E-state index in [1.54, 1.807) is 36.4 Å². The van der Waals surface area contributed by atoms with Crippen molar-refractivity contribution in [3.05, 3.63) is 86.3 Å². The first-order chi connectivity index (χ1) is 16.7. The van der Waals surface area contributed by atoms with Crippen molar-refractivity contribution < 1.29 is 19.1 Å². The van der Waals surface area contributed by atoms with Gasteiger partial charge in [0.25, 0.3) is 5.91 Å². The van der Waals surface area contributed by atoms with Gasteiger partial charge in [-0.25, -0.2) is 5.43 Å². The van der Waals surface area contributed by atoms with Gasteiger partial charge in [0.05, 0.1) is 6.21 Å². The number of halogens is 3. The van der Waals surface area contributed by atoms with E-state index in [1.807, 2.05) is 19.1 Å². The van der Waals surface area contributed by atoms with Crippen molar-refractivity contribution in [2.75, 3.05) is 17.2 Å². The Morgan fingerprint density at radius 2 is 1.74 bits per heavy atom. The molecule has 11 heteroatoms. The Hall–Kier alpha value is -3.40. The Balaban J connectivity index is 1.58. The molecule has 0 radical (unpaired) electrons. The number of nitrogens with one attached hydrogen (secondary N) is 3. The number of rotatable bonds is 7. The number of hydrogen-bond acceptors (Lipinski definition) is 5. The molecule has 0 heterocycles. The molecule has 3 aromatic rings. The molecule has 0 atom stereocenters. The molecule has 0 spiro atoms. The van der Waals surface area contributed by atoms with Crippen LogP contribution in [0.15, 0.2) is 70.2 Å². The number of hydrazone groups is 1. The van der Waals surface area contributed by atoms with E-state index in [9.17, 15) is 14.4 Å². The van der Waals surface area contributed by atoms with Crippen molar-refractivity contribution in [3.8, 4) is 5.75 Å². The van der Waals surface area contributed by atoms with E-state index < -0.39 is 11.8 Å². The average Bonchev–Trinajstić information content (AvgIpc) is 2.80. The molecule has 0 aliphatic carbocycles. The van der Waals surface area contributed by atoms with Crippen LogP contribution in [0.2, 0.25) is 10.0 Å². The van der Waals surface area contributed by atoms with E-state index in [2.05, 4.69) is 37.1 Å². The number of benzene rings is 3. The van der Waals surface area contributed by atoms with Crippen LogP contribution in [-0.2, 0) is 14.4 Å². The lowest BCUT2D eigenvalue weighted by Crippen LogP contribution is -2.32. The molecule has 0 aromatic heterocycles. The standard InChI is InChI=1S/C24H19BrCl2N4O4/c1-14-9-16(25)5-7-20(14)30-22(32)13-35-21-8-6-18(27)10-15(21)12-28-31-24(34)23(33)29-19-4-2-3-17(26)11-19/h2-12H,13H2,1H3,(H,29,33)(H,30,32)(H,31,34)/b28-12-. The molecule has 3 rings (SSSR count). The molecular weight excluding hydrogens is 559 g/mol. The van der Waals surface area contributed by atoms with Gasteiger partial charge in [-0.3, -0.25) is 14.4 Å². The molecule has 0 aliphatic rings. The summed E-state index contributed by atoms with van der Waals surface area (Å²) in [6, 6.07) is 16.5. The van der Waals surface area contributed by atoms with E-state index in [0.29, 0.717) is 32.7 Å². The fraction of sp³-hybridized carbons (Fsp3) is 0.0833. The summed E-state index contributed by atoms with van der Waals surface area (Å²) in [5, 5.41) is 9.77. The Kier molecular flexibility index (Phi) is 9.25. The number of amides is 3. The summed E-state index contributed by atoms with van der Waals surface area (Å²) in [6.07, 6.45) is 1.25. The molecule has 3 amide bonds. The molecule has 180 valence electrons. The summed E-state index contributed by atoms with van der Waals surface area (Å²) in [4.78, 5) is 36.4. The summed E-state index contributed by atoms with van der Waals surface area (Å²) in [5.74, 6) is -1.97. The lowest BCUT2D eigenvalue weighted by Gasteiger charge is -2.11. The predicted octanol–water partition coefficient (Wildman–Crippen LogP) is 5.17. The van der Waals surface area contributed by atoms with E-state index >= 15 is 0 Å². The van der Waals surface area contributed by atoms with Gasteiger partial charge in [0.15, 0.2) is 6.61 Å². The Morgan fingerprint density at radius 1 is 0.971 bits per heavy atom. The number of nitrogens with zero attached hydrogens (tertiary/aromatic N) is 1.